The lowest BCUT2D eigenvalue weighted by Crippen LogP contribution is -2.28. The number of nitrogens with one attached hydrogen (secondary N) is 2. The van der Waals surface area contributed by atoms with Gasteiger partial charge in [0.2, 0.25) is 0 Å². The highest BCUT2D eigenvalue weighted by molar-refractivity contribution is 5.85. The van der Waals surface area contributed by atoms with Crippen LogP contribution in [-0.4, -0.2) is 15.5 Å². The summed E-state index contributed by atoms with van der Waals surface area (Å²) in [6.45, 7) is 0.541. The maximum Gasteiger partial charge on any atom is 0.354 e. The Morgan fingerprint density at radius 3 is 2.90 bits per heavy atom. The van der Waals surface area contributed by atoms with Crippen LogP contribution in [0, 0.1) is 0 Å². The molecule has 0 aliphatic heterocycles. The zero-order valence-corrected chi connectivity index (χ0v) is 11.5. The molecule has 2 aromatic rings. The summed E-state index contributed by atoms with van der Waals surface area (Å²) < 4.78 is 2.12. The zero-order valence-electron chi connectivity index (χ0n) is 11.5. The van der Waals surface area contributed by atoms with Crippen LogP contribution in [-0.2, 0) is 11.3 Å². The largest absolute Gasteiger partial charge is 0.476 e. The Labute approximate surface area is 122 Å². The molecular formula is C15H18N4O2. The van der Waals surface area contributed by atoms with Crippen molar-refractivity contribution < 1.29 is 9.90 Å². The van der Waals surface area contributed by atoms with Crippen molar-refractivity contribution in [3.63, 3.8) is 0 Å². The third-order valence-corrected chi connectivity index (χ3v) is 3.66. The summed E-state index contributed by atoms with van der Waals surface area (Å²) in [6.07, 6.45) is 8.17. The fourth-order valence-electron chi connectivity index (χ4n) is 2.38. The van der Waals surface area contributed by atoms with E-state index in [1.54, 1.807) is 0 Å². The molecule has 0 bridgehead atoms. The van der Waals surface area contributed by atoms with Crippen LogP contribution in [0.25, 0.3) is 5.52 Å². The number of nitrogens with two attached hydrogens (primary N) is 1. The van der Waals surface area contributed by atoms with Crippen molar-refractivity contribution in [1.29, 1.82) is 0 Å². The van der Waals surface area contributed by atoms with Crippen LogP contribution in [0.5, 0.6) is 0 Å². The van der Waals surface area contributed by atoms with Crippen LogP contribution < -0.4 is 16.6 Å². The molecule has 6 nitrogen and oxygen atoms in total. The maximum absolute atomic E-state index is 10.8. The lowest BCUT2D eigenvalue weighted by atomic mass is 10.2. The molecule has 6 heteroatoms. The molecule has 1 aliphatic carbocycles. The van der Waals surface area contributed by atoms with Gasteiger partial charge in [-0.05, 0) is 42.0 Å². The number of pyridine rings is 1. The second-order valence-electron chi connectivity index (χ2n) is 5.31. The van der Waals surface area contributed by atoms with Gasteiger partial charge in [-0.25, -0.2) is 4.79 Å². The minimum atomic E-state index is -1.10. The monoisotopic (exact) mass is 286 g/mol. The Bertz CT molecular complexity index is 701. The fourth-order valence-corrected chi connectivity index (χ4v) is 2.38. The SMILES string of the molecule is NN/C(=C\NCc1cc2ccc(C3CC3)cn2c1)C(=O)O. The first kappa shape index (κ1) is 13.5. The fraction of sp³-hybridized carbons (Fsp3) is 0.267. The second kappa shape index (κ2) is 5.49. The van der Waals surface area contributed by atoms with Gasteiger partial charge < -0.3 is 20.2 Å². The van der Waals surface area contributed by atoms with E-state index in [-0.39, 0.29) is 5.70 Å². The molecule has 1 fully saturated rings. The number of fused-ring (bicyclic) bond motifs is 1. The summed E-state index contributed by atoms with van der Waals surface area (Å²) in [6, 6.07) is 6.38. The Morgan fingerprint density at radius 2 is 2.24 bits per heavy atom. The molecule has 0 aromatic carbocycles. The average Bonchev–Trinajstić information content (AvgIpc) is 3.23. The molecule has 3 rings (SSSR count). The number of nitrogens with zero attached hydrogens (tertiary/aromatic N) is 1. The number of hydrogen-bond donors (Lipinski definition) is 4. The molecule has 2 heterocycles. The van der Waals surface area contributed by atoms with E-state index in [0.29, 0.717) is 6.54 Å². The number of hydrogen-bond acceptors (Lipinski definition) is 4. The molecule has 110 valence electrons. The average molecular weight is 286 g/mol. The molecule has 1 saturated carbocycles. The van der Waals surface area contributed by atoms with E-state index in [9.17, 15) is 4.79 Å². The molecule has 2 aromatic heterocycles. The van der Waals surface area contributed by atoms with Gasteiger partial charge in [-0.2, -0.15) is 0 Å². The quantitative estimate of drug-likeness (QED) is 0.365. The Balaban J connectivity index is 1.71. The first-order chi connectivity index (χ1) is 10.2. The molecule has 0 radical (unpaired) electrons. The predicted octanol–water partition coefficient (Wildman–Crippen LogP) is 1.30. The number of hydrazine groups is 1. The number of carbonyl (C=O) groups is 1. The maximum atomic E-state index is 10.8. The highest BCUT2D eigenvalue weighted by atomic mass is 16.4. The van der Waals surface area contributed by atoms with Crippen molar-refractivity contribution in [2.45, 2.75) is 25.3 Å². The van der Waals surface area contributed by atoms with Crippen LogP contribution in [0.15, 0.2) is 42.5 Å². The number of carboxylic acids is 1. The van der Waals surface area contributed by atoms with Crippen molar-refractivity contribution in [3.8, 4) is 0 Å². The predicted molar refractivity (Wildman–Crippen MR) is 79.3 cm³/mol. The molecule has 0 spiro atoms. The van der Waals surface area contributed by atoms with Gasteiger partial charge in [0.1, 0.15) is 0 Å². The molecule has 0 unspecified atom stereocenters. The number of aliphatic carboxylic acids is 1. The normalized spacial score (nSPS) is 15.2. The lowest BCUT2D eigenvalue weighted by molar-refractivity contribution is -0.133. The van der Waals surface area contributed by atoms with Gasteiger partial charge in [0.25, 0.3) is 0 Å². The van der Waals surface area contributed by atoms with Gasteiger partial charge in [0.05, 0.1) is 0 Å². The molecule has 5 N–H and O–H groups in total. The standard InChI is InChI=1S/C15H18N4O2/c16-18-14(15(20)21)7-17-6-10-5-13-4-3-12(11-1-2-11)9-19(13)8-10/h3-5,7-9,11,17-18H,1-2,6,16H2,(H,20,21)/b14-7-. The van der Waals surface area contributed by atoms with Crippen LogP contribution in [0.1, 0.15) is 29.9 Å². The second-order valence-corrected chi connectivity index (χ2v) is 5.31. The smallest absolute Gasteiger partial charge is 0.354 e. The first-order valence-corrected chi connectivity index (χ1v) is 6.91. The van der Waals surface area contributed by atoms with Gasteiger partial charge in [0, 0.05) is 30.7 Å². The molecular weight excluding hydrogens is 268 g/mol. The molecule has 1 aliphatic rings. The molecule has 0 amide bonds. The van der Waals surface area contributed by atoms with Gasteiger partial charge in [-0.1, -0.05) is 6.07 Å². The summed E-state index contributed by atoms with van der Waals surface area (Å²) in [5.41, 5.74) is 5.67. The highest BCUT2D eigenvalue weighted by Crippen LogP contribution is 2.39. The van der Waals surface area contributed by atoms with Crippen LogP contribution >= 0.6 is 0 Å². The number of rotatable bonds is 6. The van der Waals surface area contributed by atoms with E-state index in [4.69, 9.17) is 10.9 Å². The summed E-state index contributed by atoms with van der Waals surface area (Å²) in [5, 5.41) is 11.8. The number of carboxylic acid groups (broad SMARTS) is 1. The van der Waals surface area contributed by atoms with E-state index in [1.165, 1.54) is 24.6 Å². The van der Waals surface area contributed by atoms with Gasteiger partial charge in [-0.15, -0.1) is 0 Å². The van der Waals surface area contributed by atoms with E-state index >= 15 is 0 Å². The van der Waals surface area contributed by atoms with E-state index in [1.807, 2.05) is 0 Å². The van der Waals surface area contributed by atoms with Crippen LogP contribution in [0.2, 0.25) is 0 Å². The van der Waals surface area contributed by atoms with Gasteiger partial charge >= 0.3 is 5.97 Å². The third-order valence-electron chi connectivity index (χ3n) is 3.66. The lowest BCUT2D eigenvalue weighted by Gasteiger charge is -2.02. The van der Waals surface area contributed by atoms with Crippen molar-refractivity contribution in [2.75, 3.05) is 0 Å². The van der Waals surface area contributed by atoms with E-state index in [0.717, 1.165) is 17.0 Å². The van der Waals surface area contributed by atoms with E-state index < -0.39 is 5.97 Å². The van der Waals surface area contributed by atoms with Crippen LogP contribution in [0.4, 0.5) is 0 Å². The molecule has 21 heavy (non-hydrogen) atoms. The summed E-state index contributed by atoms with van der Waals surface area (Å²) in [4.78, 5) is 10.8. The molecule has 0 saturated heterocycles. The summed E-state index contributed by atoms with van der Waals surface area (Å²) in [5.74, 6) is 4.76. The van der Waals surface area contributed by atoms with Gasteiger partial charge in [-0.3, -0.25) is 5.84 Å². The van der Waals surface area contributed by atoms with Crippen LogP contribution in [0.3, 0.4) is 0 Å². The van der Waals surface area contributed by atoms with Crippen molar-refractivity contribution in [3.05, 3.63) is 53.6 Å². The highest BCUT2D eigenvalue weighted by Gasteiger charge is 2.23. The Kier molecular flexibility index (Phi) is 3.53. The summed E-state index contributed by atoms with van der Waals surface area (Å²) >= 11 is 0. The third kappa shape index (κ3) is 3.00. The summed E-state index contributed by atoms with van der Waals surface area (Å²) in [7, 11) is 0. The topological polar surface area (TPSA) is 91.8 Å². The van der Waals surface area contributed by atoms with Crippen molar-refractivity contribution in [1.82, 2.24) is 15.1 Å². The van der Waals surface area contributed by atoms with E-state index in [2.05, 4.69) is 45.7 Å². The Morgan fingerprint density at radius 1 is 1.43 bits per heavy atom. The minimum Gasteiger partial charge on any atom is -0.476 e. The first-order valence-electron chi connectivity index (χ1n) is 6.91. The Hall–Kier alpha value is -2.47. The van der Waals surface area contributed by atoms with Gasteiger partial charge in [0.15, 0.2) is 5.70 Å². The number of aromatic nitrogens is 1. The molecule has 0 atom stereocenters. The van der Waals surface area contributed by atoms with Crippen molar-refractivity contribution >= 4 is 11.5 Å². The zero-order chi connectivity index (χ0) is 14.8. The van der Waals surface area contributed by atoms with Crippen molar-refractivity contribution in [2.24, 2.45) is 5.84 Å². The minimum absolute atomic E-state index is 0.0743.